The van der Waals surface area contributed by atoms with E-state index in [-0.39, 0.29) is 30.1 Å². The van der Waals surface area contributed by atoms with E-state index in [1.54, 1.807) is 0 Å². The van der Waals surface area contributed by atoms with Crippen molar-refractivity contribution in [1.82, 2.24) is 15.6 Å². The van der Waals surface area contributed by atoms with Crippen molar-refractivity contribution in [2.75, 3.05) is 38.7 Å². The molecule has 170 valence electrons. The molecule has 0 saturated carbocycles. The number of benzene rings is 1. The van der Waals surface area contributed by atoms with Crippen molar-refractivity contribution in [2.24, 2.45) is 10.9 Å². The van der Waals surface area contributed by atoms with Gasteiger partial charge in [-0.15, -0.1) is 24.0 Å². The Morgan fingerprint density at radius 3 is 2.68 bits per heavy atom. The molecule has 1 aliphatic rings. The zero-order valence-corrected chi connectivity index (χ0v) is 21.4. The lowest BCUT2D eigenvalue weighted by Crippen LogP contribution is -2.42. The molecule has 1 aromatic carbocycles. The van der Waals surface area contributed by atoms with Crippen LogP contribution in [0.3, 0.4) is 0 Å². The summed E-state index contributed by atoms with van der Waals surface area (Å²) in [4.78, 5) is 11.2. The van der Waals surface area contributed by atoms with Gasteiger partial charge in [-0.3, -0.25) is 0 Å². The van der Waals surface area contributed by atoms with E-state index in [2.05, 4.69) is 59.8 Å². The van der Waals surface area contributed by atoms with E-state index in [4.69, 9.17) is 9.73 Å². The number of hydrogen-bond acceptors (Lipinski definition) is 4. The maximum Gasteiger partial charge on any atom is 0.191 e. The lowest BCUT2D eigenvalue weighted by Gasteiger charge is -2.32. The van der Waals surface area contributed by atoms with Gasteiger partial charge in [-0.1, -0.05) is 29.8 Å². The van der Waals surface area contributed by atoms with Crippen LogP contribution < -0.4 is 15.5 Å². The van der Waals surface area contributed by atoms with Crippen molar-refractivity contribution in [3.8, 4) is 0 Å². The molecule has 7 heteroatoms. The van der Waals surface area contributed by atoms with Crippen molar-refractivity contribution in [3.05, 3.63) is 59.3 Å². The van der Waals surface area contributed by atoms with Gasteiger partial charge in [0.2, 0.25) is 0 Å². The second kappa shape index (κ2) is 12.9. The predicted molar refractivity (Wildman–Crippen MR) is 139 cm³/mol. The predicted octanol–water partition coefficient (Wildman–Crippen LogP) is 4.30. The Bertz CT molecular complexity index is 825. The number of rotatable bonds is 7. The smallest absolute Gasteiger partial charge is 0.191 e. The average Bonchev–Trinajstić information content (AvgIpc) is 2.76. The maximum absolute atomic E-state index is 6.16. The van der Waals surface area contributed by atoms with E-state index in [0.717, 1.165) is 49.9 Å². The monoisotopic (exact) mass is 537 g/mol. The van der Waals surface area contributed by atoms with E-state index in [1.165, 1.54) is 11.1 Å². The third-order valence-electron chi connectivity index (χ3n) is 5.41. The lowest BCUT2D eigenvalue weighted by molar-refractivity contribution is -0.0265. The van der Waals surface area contributed by atoms with Crippen LogP contribution in [-0.2, 0) is 11.3 Å². The van der Waals surface area contributed by atoms with Crippen LogP contribution in [0.15, 0.2) is 47.6 Å². The number of pyridine rings is 1. The van der Waals surface area contributed by atoms with Crippen LogP contribution in [0, 0.1) is 12.8 Å². The summed E-state index contributed by atoms with van der Waals surface area (Å²) in [5.74, 6) is 2.21. The fourth-order valence-corrected chi connectivity index (χ4v) is 3.72. The maximum atomic E-state index is 6.16. The highest BCUT2D eigenvalue weighted by molar-refractivity contribution is 14.0. The second-order valence-electron chi connectivity index (χ2n) is 8.10. The minimum Gasteiger partial charge on any atom is -0.373 e. The Hall–Kier alpha value is -1.87. The first kappa shape index (κ1) is 25.4. The topological polar surface area (TPSA) is 61.8 Å². The number of hydrogen-bond donors (Lipinski definition) is 2. The normalized spacial score (nSPS) is 18.8. The zero-order chi connectivity index (χ0) is 21.3. The van der Waals surface area contributed by atoms with Crippen LogP contribution in [0.1, 0.15) is 42.6 Å². The lowest BCUT2D eigenvalue weighted by atomic mass is 9.89. The fourth-order valence-electron chi connectivity index (χ4n) is 3.72. The SMILES string of the molecule is CCNC(=NCc1ccnc(N(C)C)c1)NCC1CCCOC1c1ccc(C)cc1.I. The summed E-state index contributed by atoms with van der Waals surface area (Å²) in [6.45, 7) is 7.32. The van der Waals surface area contributed by atoms with Gasteiger partial charge in [-0.05, 0) is 49.9 Å². The Labute approximate surface area is 203 Å². The van der Waals surface area contributed by atoms with Crippen molar-refractivity contribution in [3.63, 3.8) is 0 Å². The molecule has 6 nitrogen and oxygen atoms in total. The minimum absolute atomic E-state index is 0. The van der Waals surface area contributed by atoms with E-state index in [9.17, 15) is 0 Å². The third kappa shape index (κ3) is 7.64. The first-order valence-electron chi connectivity index (χ1n) is 10.9. The number of aryl methyl sites for hydroxylation is 1. The van der Waals surface area contributed by atoms with Gasteiger partial charge in [0.05, 0.1) is 12.6 Å². The van der Waals surface area contributed by atoms with Gasteiger partial charge >= 0.3 is 0 Å². The number of nitrogens with one attached hydrogen (secondary N) is 2. The Balaban J connectivity index is 0.00000341. The molecule has 2 atom stereocenters. The number of aliphatic imine (C=N–C) groups is 1. The van der Waals surface area contributed by atoms with Crippen LogP contribution in [0.25, 0.3) is 0 Å². The minimum atomic E-state index is 0. The summed E-state index contributed by atoms with van der Waals surface area (Å²) in [5.41, 5.74) is 3.69. The van der Waals surface area contributed by atoms with Crippen molar-refractivity contribution in [1.29, 1.82) is 0 Å². The number of nitrogens with zero attached hydrogens (tertiary/aromatic N) is 3. The van der Waals surface area contributed by atoms with Crippen molar-refractivity contribution < 1.29 is 4.74 Å². The molecule has 0 spiro atoms. The first-order valence-corrected chi connectivity index (χ1v) is 10.9. The largest absolute Gasteiger partial charge is 0.373 e. The van der Waals surface area contributed by atoms with Gasteiger partial charge in [-0.2, -0.15) is 0 Å². The molecular weight excluding hydrogens is 501 g/mol. The Kier molecular flexibility index (Phi) is 10.5. The number of anilines is 1. The molecule has 31 heavy (non-hydrogen) atoms. The zero-order valence-electron chi connectivity index (χ0n) is 19.1. The highest BCUT2D eigenvalue weighted by Crippen LogP contribution is 2.33. The molecule has 2 unspecified atom stereocenters. The van der Waals surface area contributed by atoms with Crippen LogP contribution in [0.4, 0.5) is 5.82 Å². The van der Waals surface area contributed by atoms with Gasteiger partial charge in [0.25, 0.3) is 0 Å². The molecule has 1 fully saturated rings. The fraction of sp³-hybridized carbons (Fsp3) is 0.500. The third-order valence-corrected chi connectivity index (χ3v) is 5.41. The Morgan fingerprint density at radius 1 is 1.19 bits per heavy atom. The van der Waals surface area contributed by atoms with E-state index >= 15 is 0 Å². The summed E-state index contributed by atoms with van der Waals surface area (Å²) in [6, 6.07) is 12.8. The molecule has 1 saturated heterocycles. The summed E-state index contributed by atoms with van der Waals surface area (Å²) in [6.07, 6.45) is 4.23. The van der Waals surface area contributed by atoms with Crippen LogP contribution >= 0.6 is 24.0 Å². The molecule has 0 amide bonds. The molecule has 1 aliphatic heterocycles. The Morgan fingerprint density at radius 2 is 1.97 bits per heavy atom. The van der Waals surface area contributed by atoms with Gasteiger partial charge < -0.3 is 20.3 Å². The quantitative estimate of drug-likeness (QED) is 0.314. The summed E-state index contributed by atoms with van der Waals surface area (Å²) in [5, 5.41) is 6.91. The van der Waals surface area contributed by atoms with E-state index in [0.29, 0.717) is 12.5 Å². The summed E-state index contributed by atoms with van der Waals surface area (Å²) in [7, 11) is 4.00. The second-order valence-corrected chi connectivity index (χ2v) is 8.10. The van der Waals surface area contributed by atoms with Gasteiger partial charge in [0.15, 0.2) is 5.96 Å². The van der Waals surface area contributed by atoms with Crippen molar-refractivity contribution >= 4 is 35.8 Å². The molecule has 2 N–H and O–H groups in total. The number of ether oxygens (including phenoxy) is 1. The number of aromatic nitrogens is 1. The van der Waals surface area contributed by atoms with Crippen molar-refractivity contribution in [2.45, 2.75) is 39.3 Å². The van der Waals surface area contributed by atoms with Crippen LogP contribution in [-0.4, -0.2) is 44.7 Å². The first-order chi connectivity index (χ1) is 14.6. The highest BCUT2D eigenvalue weighted by Gasteiger charge is 2.27. The summed E-state index contributed by atoms with van der Waals surface area (Å²) < 4.78 is 6.16. The van der Waals surface area contributed by atoms with Gasteiger partial charge in [-0.25, -0.2) is 9.98 Å². The highest BCUT2D eigenvalue weighted by atomic mass is 127. The molecule has 2 heterocycles. The molecule has 1 aromatic heterocycles. The molecule has 0 radical (unpaired) electrons. The molecule has 2 aromatic rings. The molecule has 0 aliphatic carbocycles. The van der Waals surface area contributed by atoms with E-state index < -0.39 is 0 Å². The molecule has 3 rings (SSSR count). The van der Waals surface area contributed by atoms with Crippen LogP contribution in [0.5, 0.6) is 0 Å². The van der Waals surface area contributed by atoms with Gasteiger partial charge in [0.1, 0.15) is 5.82 Å². The molecule has 0 bridgehead atoms. The average molecular weight is 537 g/mol. The number of guanidine groups is 1. The molecular formula is C24H36IN5O. The number of halogens is 1. The van der Waals surface area contributed by atoms with E-state index in [1.807, 2.05) is 31.3 Å². The van der Waals surface area contributed by atoms with Gasteiger partial charge in [0, 0.05) is 45.9 Å². The standard InChI is InChI=1S/C24H35N5O.HI/c1-5-25-24(27-16-19-12-13-26-22(15-19)29(3)4)28-17-21-7-6-14-30-23(21)20-10-8-18(2)9-11-20;/h8-13,15,21,23H,5-7,14,16-17H2,1-4H3,(H2,25,27,28);1H. The summed E-state index contributed by atoms with van der Waals surface area (Å²) >= 11 is 0. The van der Waals surface area contributed by atoms with Crippen LogP contribution in [0.2, 0.25) is 0 Å².